The maximum atomic E-state index is 13.6. The van der Waals surface area contributed by atoms with E-state index in [1.165, 1.54) is 18.4 Å². The minimum atomic E-state index is -0.586. The van der Waals surface area contributed by atoms with Gasteiger partial charge in [0.1, 0.15) is 12.1 Å². The van der Waals surface area contributed by atoms with Crippen LogP contribution < -0.4 is 5.73 Å². The summed E-state index contributed by atoms with van der Waals surface area (Å²) >= 11 is 0. The lowest BCUT2D eigenvalue weighted by Gasteiger charge is -2.26. The number of morpholine rings is 1. The molecule has 2 N–H and O–H groups in total. The van der Waals surface area contributed by atoms with Gasteiger partial charge in [-0.25, -0.2) is 4.39 Å². The topological polar surface area (TPSA) is 104 Å². The molecule has 2 aromatic heterocycles. The summed E-state index contributed by atoms with van der Waals surface area (Å²) in [6, 6.07) is 15.5. The van der Waals surface area contributed by atoms with Gasteiger partial charge in [-0.2, -0.15) is 0 Å². The number of nitrogens with zero attached hydrogens (tertiary/aromatic N) is 3. The molecule has 0 unspecified atom stereocenters. The molecule has 5 aromatic rings. The van der Waals surface area contributed by atoms with Gasteiger partial charge in [0.2, 0.25) is 5.91 Å². The van der Waals surface area contributed by atoms with Crippen LogP contribution in [0.25, 0.3) is 32.9 Å². The average molecular weight is 513 g/mol. The molecule has 3 aromatic carbocycles. The molecule has 0 saturated carbocycles. The van der Waals surface area contributed by atoms with E-state index in [1.807, 2.05) is 25.1 Å². The number of primary amides is 1. The van der Waals surface area contributed by atoms with Crippen molar-refractivity contribution in [1.29, 1.82) is 0 Å². The Bertz CT molecular complexity index is 1700. The van der Waals surface area contributed by atoms with Gasteiger partial charge in [-0.05, 0) is 60.5 Å². The summed E-state index contributed by atoms with van der Waals surface area (Å²) in [5.41, 5.74) is 11.4. The highest BCUT2D eigenvalue weighted by Gasteiger charge is 2.23. The van der Waals surface area contributed by atoms with Crippen molar-refractivity contribution >= 4 is 33.6 Å². The van der Waals surface area contributed by atoms with Gasteiger partial charge >= 0.3 is 0 Å². The van der Waals surface area contributed by atoms with Crippen molar-refractivity contribution in [2.75, 3.05) is 26.3 Å². The molecule has 0 aliphatic carbocycles. The predicted molar refractivity (Wildman–Crippen MR) is 140 cm³/mol. The number of hydrogen-bond donors (Lipinski definition) is 1. The van der Waals surface area contributed by atoms with Crippen molar-refractivity contribution in [3.8, 4) is 11.1 Å². The minimum Gasteiger partial charge on any atom is -0.378 e. The van der Waals surface area contributed by atoms with Crippen LogP contribution in [0.3, 0.4) is 0 Å². The second-order valence-electron chi connectivity index (χ2n) is 9.44. The lowest BCUT2D eigenvalue weighted by atomic mass is 9.98. The highest BCUT2D eigenvalue weighted by atomic mass is 19.1. The van der Waals surface area contributed by atoms with Gasteiger partial charge in [0.05, 0.1) is 24.4 Å². The summed E-state index contributed by atoms with van der Waals surface area (Å²) in [5.74, 6) is -0.993. The smallest absolute Gasteiger partial charge is 0.254 e. The van der Waals surface area contributed by atoms with Crippen molar-refractivity contribution in [2.45, 2.75) is 13.5 Å². The van der Waals surface area contributed by atoms with Gasteiger partial charge in [0, 0.05) is 52.6 Å². The third-order valence-electron chi connectivity index (χ3n) is 7.09. The zero-order valence-electron chi connectivity index (χ0n) is 20.7. The van der Waals surface area contributed by atoms with E-state index in [9.17, 15) is 14.0 Å². The van der Waals surface area contributed by atoms with E-state index in [4.69, 9.17) is 15.0 Å². The summed E-state index contributed by atoms with van der Waals surface area (Å²) < 4.78 is 26.2. The number of ether oxygens (including phenoxy) is 1. The number of aryl methyl sites for hydroxylation is 1. The molecule has 192 valence electrons. The van der Waals surface area contributed by atoms with Crippen LogP contribution in [0.2, 0.25) is 0 Å². The Balaban J connectivity index is 1.61. The van der Waals surface area contributed by atoms with E-state index >= 15 is 0 Å². The fourth-order valence-corrected chi connectivity index (χ4v) is 5.17. The molecular formula is C29H25FN4O4. The highest BCUT2D eigenvalue weighted by Crippen LogP contribution is 2.37. The number of rotatable bonds is 5. The number of carbonyl (C=O) groups is 2. The van der Waals surface area contributed by atoms with Gasteiger partial charge in [-0.15, -0.1) is 0 Å². The molecule has 0 radical (unpaired) electrons. The van der Waals surface area contributed by atoms with Gasteiger partial charge in [0.15, 0.2) is 0 Å². The number of nitrogens with two attached hydrogens (primary N) is 1. The van der Waals surface area contributed by atoms with Gasteiger partial charge in [-0.1, -0.05) is 17.3 Å². The summed E-state index contributed by atoms with van der Waals surface area (Å²) in [6.45, 7) is 4.30. The number of hydrogen-bond acceptors (Lipinski definition) is 5. The van der Waals surface area contributed by atoms with Gasteiger partial charge in [0.25, 0.3) is 5.91 Å². The highest BCUT2D eigenvalue weighted by molar-refractivity contribution is 6.20. The molecule has 0 atom stereocenters. The van der Waals surface area contributed by atoms with Crippen LogP contribution in [0, 0.1) is 12.7 Å². The lowest BCUT2D eigenvalue weighted by molar-refractivity contribution is 0.0303. The molecule has 8 nitrogen and oxygen atoms in total. The van der Waals surface area contributed by atoms with Crippen LogP contribution in [-0.2, 0) is 11.3 Å². The zero-order chi connectivity index (χ0) is 26.4. The Morgan fingerprint density at radius 3 is 2.47 bits per heavy atom. The molecule has 9 heteroatoms. The maximum Gasteiger partial charge on any atom is 0.254 e. The van der Waals surface area contributed by atoms with E-state index < -0.39 is 5.91 Å². The number of aromatic nitrogens is 2. The first kappa shape index (κ1) is 23.9. The molecule has 1 fully saturated rings. The van der Waals surface area contributed by atoms with Crippen LogP contribution >= 0.6 is 0 Å². The van der Waals surface area contributed by atoms with Gasteiger partial charge in [-0.3, -0.25) is 9.59 Å². The van der Waals surface area contributed by atoms with Crippen LogP contribution in [0.4, 0.5) is 4.39 Å². The van der Waals surface area contributed by atoms with Crippen molar-refractivity contribution in [2.24, 2.45) is 5.73 Å². The standard InChI is InChI=1S/C29H25FN4O4/c1-17-24(16-38-32-17)20-13-23(28(31)35)27-22-12-19(29(36)33-8-10-37-11-9-33)4-7-25(22)34(26(27)14-20)15-18-2-5-21(30)6-3-18/h2-7,12-14,16H,8-11,15H2,1H3,(H2,31,35). The Labute approximate surface area is 217 Å². The molecule has 0 spiro atoms. The third-order valence-corrected chi connectivity index (χ3v) is 7.09. The monoisotopic (exact) mass is 512 g/mol. The lowest BCUT2D eigenvalue weighted by Crippen LogP contribution is -2.40. The van der Waals surface area contributed by atoms with Gasteiger partial charge < -0.3 is 24.5 Å². The first-order chi connectivity index (χ1) is 18.4. The number of amides is 2. The zero-order valence-corrected chi connectivity index (χ0v) is 20.7. The molecular weight excluding hydrogens is 487 g/mol. The third kappa shape index (κ3) is 4.10. The largest absolute Gasteiger partial charge is 0.378 e. The van der Waals surface area contributed by atoms with Crippen molar-refractivity contribution < 1.29 is 23.2 Å². The van der Waals surface area contributed by atoms with E-state index in [-0.39, 0.29) is 11.7 Å². The molecule has 1 aliphatic heterocycles. The molecule has 1 aliphatic rings. The Morgan fingerprint density at radius 1 is 1.03 bits per heavy atom. The molecule has 3 heterocycles. The predicted octanol–water partition coefficient (Wildman–Crippen LogP) is 4.52. The second-order valence-corrected chi connectivity index (χ2v) is 9.44. The SMILES string of the molecule is Cc1nocc1-c1cc(C(N)=O)c2c3cc(C(=O)N4CCOCC4)ccc3n(Cc3ccc(F)cc3)c2c1. The van der Waals surface area contributed by atoms with E-state index in [2.05, 4.69) is 9.72 Å². The number of carbonyl (C=O) groups excluding carboxylic acids is 2. The number of halogens is 1. The summed E-state index contributed by atoms with van der Waals surface area (Å²) in [6.07, 6.45) is 1.54. The Morgan fingerprint density at radius 2 is 1.79 bits per heavy atom. The van der Waals surface area contributed by atoms with Crippen LogP contribution in [0.15, 0.2) is 65.4 Å². The van der Waals surface area contributed by atoms with E-state index in [0.29, 0.717) is 55.1 Å². The van der Waals surface area contributed by atoms with Crippen LogP contribution in [0.5, 0.6) is 0 Å². The molecule has 1 saturated heterocycles. The first-order valence-electron chi connectivity index (χ1n) is 12.3. The maximum absolute atomic E-state index is 13.6. The van der Waals surface area contributed by atoms with Crippen molar-refractivity contribution in [3.63, 3.8) is 0 Å². The number of benzene rings is 3. The first-order valence-corrected chi connectivity index (χ1v) is 12.3. The normalized spacial score (nSPS) is 13.9. The average Bonchev–Trinajstić information content (AvgIpc) is 3.50. The van der Waals surface area contributed by atoms with E-state index in [0.717, 1.165) is 33.1 Å². The summed E-state index contributed by atoms with van der Waals surface area (Å²) in [5, 5.41) is 5.38. The van der Waals surface area contributed by atoms with Crippen molar-refractivity contribution in [3.05, 3.63) is 89.1 Å². The molecule has 2 amide bonds. The quantitative estimate of drug-likeness (QED) is 0.373. The molecule has 0 bridgehead atoms. The Kier molecular flexibility index (Phi) is 5.92. The second kappa shape index (κ2) is 9.42. The van der Waals surface area contributed by atoms with Crippen molar-refractivity contribution in [1.82, 2.24) is 14.6 Å². The minimum absolute atomic E-state index is 0.0908. The Hall–Kier alpha value is -4.50. The fraction of sp³-hybridized carbons (Fsp3) is 0.207. The van der Waals surface area contributed by atoms with Crippen LogP contribution in [-0.4, -0.2) is 52.7 Å². The molecule has 6 rings (SSSR count). The molecule has 38 heavy (non-hydrogen) atoms. The summed E-state index contributed by atoms with van der Waals surface area (Å²) in [7, 11) is 0. The number of fused-ring (bicyclic) bond motifs is 3. The van der Waals surface area contributed by atoms with Crippen LogP contribution in [0.1, 0.15) is 32.0 Å². The fourth-order valence-electron chi connectivity index (χ4n) is 5.17. The summed E-state index contributed by atoms with van der Waals surface area (Å²) in [4.78, 5) is 27.8. The van der Waals surface area contributed by atoms with E-state index in [1.54, 1.807) is 29.2 Å².